The maximum absolute atomic E-state index is 12.0. The number of rotatable bonds is 9. The number of nitrogens with one attached hydrogen (secondary N) is 1. The summed E-state index contributed by atoms with van der Waals surface area (Å²) in [6.07, 6.45) is 6.85. The lowest BCUT2D eigenvalue weighted by Gasteiger charge is -2.15. The number of carbonyl (C=O) groups excluding carboxylic acids is 1. The lowest BCUT2D eigenvalue weighted by molar-refractivity contribution is -0.116. The third kappa shape index (κ3) is 5.97. The van der Waals surface area contributed by atoms with Crippen molar-refractivity contribution < 1.29 is 4.79 Å². The first-order valence-corrected chi connectivity index (χ1v) is 8.56. The quantitative estimate of drug-likeness (QED) is 0.679. The van der Waals surface area contributed by atoms with Crippen LogP contribution in [0.2, 0.25) is 0 Å². The number of hydrogen-bond donors (Lipinski definition) is 2. The van der Waals surface area contributed by atoms with Crippen LogP contribution in [0.1, 0.15) is 39.0 Å². The van der Waals surface area contributed by atoms with Crippen molar-refractivity contribution in [2.24, 2.45) is 11.7 Å². The summed E-state index contributed by atoms with van der Waals surface area (Å²) in [6, 6.07) is 7.91. The van der Waals surface area contributed by atoms with E-state index in [4.69, 9.17) is 5.73 Å². The summed E-state index contributed by atoms with van der Waals surface area (Å²) in [4.78, 5) is 13.1. The fourth-order valence-corrected chi connectivity index (χ4v) is 2.93. The molecule has 0 saturated carbocycles. The van der Waals surface area contributed by atoms with Crippen LogP contribution in [0.15, 0.2) is 29.2 Å². The molecule has 1 atom stereocenters. The molecular weight excluding hydrogens is 268 g/mol. The van der Waals surface area contributed by atoms with Crippen LogP contribution in [-0.4, -0.2) is 18.7 Å². The molecule has 0 spiro atoms. The van der Waals surface area contributed by atoms with Crippen LogP contribution in [0.3, 0.4) is 0 Å². The number of benzene rings is 1. The molecule has 0 aliphatic heterocycles. The van der Waals surface area contributed by atoms with Gasteiger partial charge in [0, 0.05) is 11.3 Å². The van der Waals surface area contributed by atoms with E-state index >= 15 is 0 Å². The molecule has 0 aliphatic carbocycles. The Labute approximate surface area is 126 Å². The highest BCUT2D eigenvalue weighted by molar-refractivity contribution is 7.98. The second-order valence-electron chi connectivity index (χ2n) is 5.02. The number of nitrogens with two attached hydrogens (primary N) is 1. The number of carbonyl (C=O) groups is 1. The topological polar surface area (TPSA) is 55.1 Å². The third-order valence-corrected chi connectivity index (χ3v) is 4.23. The summed E-state index contributed by atoms with van der Waals surface area (Å²) in [6.45, 7) is 2.89. The highest BCUT2D eigenvalue weighted by Gasteiger charge is 2.11. The molecule has 1 amide bonds. The number of hydrogen-bond acceptors (Lipinski definition) is 3. The van der Waals surface area contributed by atoms with Gasteiger partial charge >= 0.3 is 0 Å². The van der Waals surface area contributed by atoms with Gasteiger partial charge in [-0.3, -0.25) is 4.79 Å². The minimum atomic E-state index is 0.102. The van der Waals surface area contributed by atoms with Crippen molar-refractivity contribution >= 4 is 23.4 Å². The molecule has 0 fully saturated rings. The molecule has 3 N–H and O–H groups in total. The Morgan fingerprint density at radius 1 is 1.30 bits per heavy atom. The number of amides is 1. The van der Waals surface area contributed by atoms with Crippen molar-refractivity contribution in [1.29, 1.82) is 0 Å². The van der Waals surface area contributed by atoms with Crippen molar-refractivity contribution in [1.82, 2.24) is 0 Å². The first kappa shape index (κ1) is 17.1. The van der Waals surface area contributed by atoms with Gasteiger partial charge in [-0.25, -0.2) is 0 Å². The molecule has 1 unspecified atom stereocenters. The summed E-state index contributed by atoms with van der Waals surface area (Å²) < 4.78 is 0. The second-order valence-corrected chi connectivity index (χ2v) is 5.87. The van der Waals surface area contributed by atoms with Crippen LogP contribution in [0.25, 0.3) is 0 Å². The van der Waals surface area contributed by atoms with Crippen LogP contribution in [0.5, 0.6) is 0 Å². The normalized spacial score (nSPS) is 12.2. The molecule has 1 aromatic rings. The van der Waals surface area contributed by atoms with E-state index in [1.165, 1.54) is 0 Å². The van der Waals surface area contributed by atoms with E-state index in [-0.39, 0.29) is 5.91 Å². The van der Waals surface area contributed by atoms with Gasteiger partial charge in [-0.1, -0.05) is 31.9 Å². The summed E-state index contributed by atoms with van der Waals surface area (Å²) in [5, 5.41) is 3.01. The lowest BCUT2D eigenvalue weighted by Crippen LogP contribution is -2.15. The number of para-hydroxylation sites is 1. The maximum Gasteiger partial charge on any atom is 0.224 e. The molecule has 0 radical (unpaired) electrons. The molecular formula is C16H26N2OS. The molecule has 3 nitrogen and oxygen atoms in total. The molecule has 112 valence electrons. The largest absolute Gasteiger partial charge is 0.330 e. The van der Waals surface area contributed by atoms with Crippen molar-refractivity contribution in [3.8, 4) is 0 Å². The second kappa shape index (κ2) is 9.83. The van der Waals surface area contributed by atoms with Crippen molar-refractivity contribution in [3.63, 3.8) is 0 Å². The Morgan fingerprint density at radius 3 is 2.70 bits per heavy atom. The maximum atomic E-state index is 12.0. The van der Waals surface area contributed by atoms with Gasteiger partial charge in [-0.15, -0.1) is 11.8 Å². The van der Waals surface area contributed by atoms with Gasteiger partial charge in [0.15, 0.2) is 0 Å². The molecule has 4 heteroatoms. The average Bonchev–Trinajstić information content (AvgIpc) is 2.46. The van der Waals surface area contributed by atoms with Gasteiger partial charge < -0.3 is 11.1 Å². The van der Waals surface area contributed by atoms with E-state index in [2.05, 4.69) is 12.2 Å². The Kier molecular flexibility index (Phi) is 8.38. The Bertz CT molecular complexity index is 403. The average molecular weight is 294 g/mol. The Hall–Kier alpha value is -1.00. The highest BCUT2D eigenvalue weighted by Crippen LogP contribution is 2.25. The third-order valence-electron chi connectivity index (χ3n) is 3.43. The molecule has 0 aromatic heterocycles. The van der Waals surface area contributed by atoms with Crippen molar-refractivity contribution in [2.45, 2.75) is 43.9 Å². The van der Waals surface area contributed by atoms with Crippen molar-refractivity contribution in [3.05, 3.63) is 24.3 Å². The molecule has 0 aliphatic rings. The summed E-state index contributed by atoms with van der Waals surface area (Å²) in [5.41, 5.74) is 6.54. The molecule has 1 aromatic carbocycles. The van der Waals surface area contributed by atoms with Crippen LogP contribution in [0, 0.1) is 5.92 Å². The predicted molar refractivity (Wildman–Crippen MR) is 88.2 cm³/mol. The Morgan fingerprint density at radius 2 is 2.05 bits per heavy atom. The molecule has 20 heavy (non-hydrogen) atoms. The minimum absolute atomic E-state index is 0.102. The van der Waals surface area contributed by atoms with Gasteiger partial charge in [0.05, 0.1) is 5.69 Å². The molecule has 0 bridgehead atoms. The van der Waals surface area contributed by atoms with E-state index in [1.807, 2.05) is 30.5 Å². The fraction of sp³-hybridized carbons (Fsp3) is 0.562. The van der Waals surface area contributed by atoms with Crippen LogP contribution >= 0.6 is 11.8 Å². The molecule has 1 rings (SSSR count). The van der Waals surface area contributed by atoms with Gasteiger partial charge in [0.25, 0.3) is 0 Å². The predicted octanol–water partition coefficient (Wildman–Crippen LogP) is 3.89. The van der Waals surface area contributed by atoms with Crippen LogP contribution in [-0.2, 0) is 4.79 Å². The zero-order valence-electron chi connectivity index (χ0n) is 12.5. The summed E-state index contributed by atoms with van der Waals surface area (Å²) in [7, 11) is 0. The lowest BCUT2D eigenvalue weighted by atomic mass is 9.94. The van der Waals surface area contributed by atoms with E-state index in [1.54, 1.807) is 11.8 Å². The zero-order valence-corrected chi connectivity index (χ0v) is 13.3. The first-order chi connectivity index (χ1) is 9.71. The number of thioether (sulfide) groups is 1. The zero-order chi connectivity index (χ0) is 14.8. The minimum Gasteiger partial charge on any atom is -0.330 e. The van der Waals surface area contributed by atoms with Crippen LogP contribution < -0.4 is 11.1 Å². The SMILES string of the molecule is CCCC(CCN)CCC(=O)Nc1ccccc1SC. The van der Waals surface area contributed by atoms with Crippen molar-refractivity contribution in [2.75, 3.05) is 18.1 Å². The van der Waals surface area contributed by atoms with E-state index in [0.29, 0.717) is 18.9 Å². The fourth-order valence-electron chi connectivity index (χ4n) is 2.37. The van der Waals surface area contributed by atoms with Gasteiger partial charge in [0.1, 0.15) is 0 Å². The van der Waals surface area contributed by atoms with E-state index in [9.17, 15) is 4.79 Å². The molecule has 0 heterocycles. The standard InChI is InChI=1S/C16H26N2OS/c1-3-6-13(11-12-17)9-10-16(19)18-14-7-4-5-8-15(14)20-2/h4-5,7-8,13H,3,6,9-12,17H2,1-2H3,(H,18,19). The Balaban J connectivity index is 2.46. The monoisotopic (exact) mass is 294 g/mol. The number of anilines is 1. The highest BCUT2D eigenvalue weighted by atomic mass is 32.2. The summed E-state index contributed by atoms with van der Waals surface area (Å²) >= 11 is 1.65. The van der Waals surface area contributed by atoms with Crippen LogP contribution in [0.4, 0.5) is 5.69 Å². The molecule has 0 saturated heterocycles. The van der Waals surface area contributed by atoms with E-state index in [0.717, 1.165) is 36.3 Å². The first-order valence-electron chi connectivity index (χ1n) is 7.34. The van der Waals surface area contributed by atoms with E-state index < -0.39 is 0 Å². The smallest absolute Gasteiger partial charge is 0.224 e. The van der Waals surface area contributed by atoms with Gasteiger partial charge in [0.2, 0.25) is 5.91 Å². The summed E-state index contributed by atoms with van der Waals surface area (Å²) in [5.74, 6) is 0.677. The van der Waals surface area contributed by atoms with Gasteiger partial charge in [-0.05, 0) is 43.7 Å². The van der Waals surface area contributed by atoms with Gasteiger partial charge in [-0.2, -0.15) is 0 Å².